The topological polar surface area (TPSA) is 82.5 Å². The minimum Gasteiger partial charge on any atom is -0.462 e. The zero-order valence-electron chi connectivity index (χ0n) is 19.4. The summed E-state index contributed by atoms with van der Waals surface area (Å²) in [5, 5.41) is 7.93. The van der Waals surface area contributed by atoms with Gasteiger partial charge < -0.3 is 14.8 Å². The van der Waals surface area contributed by atoms with Crippen LogP contribution in [0.2, 0.25) is 0 Å². The van der Waals surface area contributed by atoms with Gasteiger partial charge >= 0.3 is 5.97 Å². The number of amides is 1. The number of terminal acetylenes is 1. The highest BCUT2D eigenvalue weighted by Gasteiger charge is 2.39. The van der Waals surface area contributed by atoms with E-state index in [9.17, 15) is 9.59 Å². The van der Waals surface area contributed by atoms with Crippen LogP contribution in [0.25, 0.3) is 0 Å². The van der Waals surface area contributed by atoms with E-state index in [1.807, 2.05) is 18.5 Å². The highest BCUT2D eigenvalue weighted by atomic mass is 16.5. The van der Waals surface area contributed by atoms with Gasteiger partial charge in [-0.2, -0.15) is 5.10 Å². The third-order valence-electron chi connectivity index (χ3n) is 6.68. The van der Waals surface area contributed by atoms with E-state index in [0.29, 0.717) is 38.3 Å². The predicted octanol–water partition coefficient (Wildman–Crippen LogP) is 3.00. The van der Waals surface area contributed by atoms with Crippen molar-refractivity contribution in [2.75, 3.05) is 26.4 Å². The van der Waals surface area contributed by atoms with Crippen LogP contribution in [-0.4, -0.2) is 48.0 Å². The molecule has 2 aliphatic rings. The molecule has 4 rings (SSSR count). The number of benzene rings is 1. The lowest BCUT2D eigenvalue weighted by molar-refractivity contribution is 0.0151. The van der Waals surface area contributed by atoms with Crippen LogP contribution < -0.4 is 5.32 Å². The van der Waals surface area contributed by atoms with Gasteiger partial charge in [0.2, 0.25) is 0 Å². The lowest BCUT2D eigenvalue weighted by Crippen LogP contribution is -2.41. The number of rotatable bonds is 6. The van der Waals surface area contributed by atoms with Crippen molar-refractivity contribution in [3.8, 4) is 12.3 Å². The quantitative estimate of drug-likeness (QED) is 0.542. The number of hydrogen-bond acceptors (Lipinski definition) is 5. The van der Waals surface area contributed by atoms with Crippen molar-refractivity contribution in [3.63, 3.8) is 0 Å². The van der Waals surface area contributed by atoms with Gasteiger partial charge in [-0.25, -0.2) is 4.79 Å². The van der Waals surface area contributed by atoms with Gasteiger partial charge in [-0.15, -0.1) is 6.42 Å². The first-order valence-electron chi connectivity index (χ1n) is 11.6. The first-order chi connectivity index (χ1) is 15.9. The lowest BCUT2D eigenvalue weighted by Gasteiger charge is -2.36. The molecule has 0 unspecified atom stereocenters. The van der Waals surface area contributed by atoms with Gasteiger partial charge in [-0.1, -0.05) is 19.8 Å². The third kappa shape index (κ3) is 4.96. The van der Waals surface area contributed by atoms with Crippen molar-refractivity contribution in [2.24, 2.45) is 11.3 Å². The standard InChI is InChI=1S/C26H31N3O4/c1-4-19-6-8-20(9-7-19)25(31)33-16-18(3)15-29-22-14-26(10-12-32-13-11-26)17-27-24(30)23(22)21(5-2)28-29/h1,6-9,18H,5,10-17H2,2-3H3,(H,27,30)/t18-/m1/s1. The van der Waals surface area contributed by atoms with E-state index in [1.54, 1.807) is 24.3 Å². The number of nitrogens with zero attached hydrogens (tertiary/aromatic N) is 2. The minimum atomic E-state index is -0.375. The Kier molecular flexibility index (Phi) is 6.85. The Balaban J connectivity index is 1.48. The van der Waals surface area contributed by atoms with Gasteiger partial charge in [-0.05, 0) is 55.4 Å². The maximum absolute atomic E-state index is 13.0. The molecule has 2 aromatic rings. The van der Waals surface area contributed by atoms with Gasteiger partial charge in [0.1, 0.15) is 0 Å². The molecule has 1 amide bonds. The van der Waals surface area contributed by atoms with Crippen molar-refractivity contribution >= 4 is 11.9 Å². The molecule has 1 N–H and O–H groups in total. The fourth-order valence-corrected chi connectivity index (χ4v) is 4.68. The van der Waals surface area contributed by atoms with E-state index < -0.39 is 0 Å². The highest BCUT2D eigenvalue weighted by Crippen LogP contribution is 2.37. The Labute approximate surface area is 194 Å². The van der Waals surface area contributed by atoms with Crippen LogP contribution in [0.5, 0.6) is 0 Å². The summed E-state index contributed by atoms with van der Waals surface area (Å²) in [4.78, 5) is 25.4. The molecule has 1 saturated heterocycles. The summed E-state index contributed by atoms with van der Waals surface area (Å²) in [6, 6.07) is 6.80. The van der Waals surface area contributed by atoms with Crippen LogP contribution in [0.1, 0.15) is 64.4 Å². The molecule has 0 radical (unpaired) electrons. The molecule has 1 spiro atoms. The normalized spacial score (nSPS) is 18.0. The summed E-state index contributed by atoms with van der Waals surface area (Å²) in [5.74, 6) is 2.15. The summed E-state index contributed by atoms with van der Waals surface area (Å²) in [5.41, 5.74) is 3.73. The monoisotopic (exact) mass is 449 g/mol. The molecule has 1 fully saturated rings. The number of carbonyl (C=O) groups excluding carboxylic acids is 2. The second-order valence-corrected chi connectivity index (χ2v) is 9.20. The molecule has 33 heavy (non-hydrogen) atoms. The van der Waals surface area contributed by atoms with Crippen LogP contribution in [0.4, 0.5) is 0 Å². The SMILES string of the molecule is C#Cc1ccc(C(=O)OC[C@H](C)Cn2nc(CC)c3c2CC2(CCOCC2)CNC3=O)cc1. The first-order valence-corrected chi connectivity index (χ1v) is 11.6. The Bertz CT molecular complexity index is 1060. The number of carbonyl (C=O) groups is 2. The average Bonchev–Trinajstić information content (AvgIpc) is 3.11. The molecular weight excluding hydrogens is 418 g/mol. The van der Waals surface area contributed by atoms with E-state index >= 15 is 0 Å². The number of esters is 1. The minimum absolute atomic E-state index is 0.00219. The zero-order chi connectivity index (χ0) is 23.4. The molecule has 0 bridgehead atoms. The van der Waals surface area contributed by atoms with Gasteiger partial charge in [0.05, 0.1) is 29.1 Å². The summed E-state index contributed by atoms with van der Waals surface area (Å²) in [7, 11) is 0. The second-order valence-electron chi connectivity index (χ2n) is 9.20. The number of aryl methyl sites for hydroxylation is 1. The van der Waals surface area contributed by atoms with E-state index in [1.165, 1.54) is 0 Å². The van der Waals surface area contributed by atoms with Crippen LogP contribution in [0, 0.1) is 23.7 Å². The smallest absolute Gasteiger partial charge is 0.338 e. The largest absolute Gasteiger partial charge is 0.462 e. The first kappa shape index (κ1) is 23.1. The molecule has 174 valence electrons. The van der Waals surface area contributed by atoms with Gasteiger partial charge in [0.25, 0.3) is 5.91 Å². The number of fused-ring (bicyclic) bond motifs is 1. The average molecular weight is 450 g/mol. The second kappa shape index (κ2) is 9.80. The molecule has 1 aromatic carbocycles. The molecule has 3 heterocycles. The van der Waals surface area contributed by atoms with Crippen molar-refractivity contribution < 1.29 is 19.1 Å². The van der Waals surface area contributed by atoms with Crippen LogP contribution >= 0.6 is 0 Å². The number of hydrogen-bond donors (Lipinski definition) is 1. The molecule has 0 aliphatic carbocycles. The summed E-state index contributed by atoms with van der Waals surface area (Å²) in [6.07, 6.45) is 8.70. The Hall–Kier alpha value is -3.11. The highest BCUT2D eigenvalue weighted by molar-refractivity contribution is 5.97. The molecule has 2 aliphatic heterocycles. The molecule has 7 nitrogen and oxygen atoms in total. The van der Waals surface area contributed by atoms with Crippen molar-refractivity contribution in [2.45, 2.75) is 46.1 Å². The van der Waals surface area contributed by atoms with Gasteiger partial charge in [0.15, 0.2) is 0 Å². The van der Waals surface area contributed by atoms with Crippen molar-refractivity contribution in [3.05, 3.63) is 52.3 Å². The van der Waals surface area contributed by atoms with Gasteiger partial charge in [0, 0.05) is 37.8 Å². The lowest BCUT2D eigenvalue weighted by atomic mass is 9.76. The molecule has 0 saturated carbocycles. The summed E-state index contributed by atoms with van der Waals surface area (Å²) < 4.78 is 13.1. The summed E-state index contributed by atoms with van der Waals surface area (Å²) in [6.45, 7) is 6.98. The maximum atomic E-state index is 13.0. The van der Waals surface area contributed by atoms with E-state index in [0.717, 1.165) is 41.8 Å². The van der Waals surface area contributed by atoms with Crippen LogP contribution in [0.15, 0.2) is 24.3 Å². The Morgan fingerprint density at radius 3 is 2.73 bits per heavy atom. The number of ether oxygens (including phenoxy) is 2. The van der Waals surface area contributed by atoms with Gasteiger partial charge in [-0.3, -0.25) is 9.48 Å². The molecule has 1 atom stereocenters. The summed E-state index contributed by atoms with van der Waals surface area (Å²) >= 11 is 0. The number of nitrogens with one attached hydrogen (secondary N) is 1. The molecule has 7 heteroatoms. The Morgan fingerprint density at radius 1 is 1.33 bits per heavy atom. The zero-order valence-corrected chi connectivity index (χ0v) is 19.4. The molecule has 1 aromatic heterocycles. The molecular formula is C26H31N3O4. The predicted molar refractivity (Wildman–Crippen MR) is 124 cm³/mol. The number of aromatic nitrogens is 2. The maximum Gasteiger partial charge on any atom is 0.338 e. The van der Waals surface area contributed by atoms with Crippen molar-refractivity contribution in [1.29, 1.82) is 0 Å². The van der Waals surface area contributed by atoms with Crippen molar-refractivity contribution in [1.82, 2.24) is 15.1 Å². The van der Waals surface area contributed by atoms with E-state index in [4.69, 9.17) is 21.0 Å². The fourth-order valence-electron chi connectivity index (χ4n) is 4.68. The fraction of sp³-hybridized carbons (Fsp3) is 0.500. The van der Waals surface area contributed by atoms with Crippen LogP contribution in [0.3, 0.4) is 0 Å². The Morgan fingerprint density at radius 2 is 2.06 bits per heavy atom. The third-order valence-corrected chi connectivity index (χ3v) is 6.68. The van der Waals surface area contributed by atoms with Crippen LogP contribution in [-0.2, 0) is 28.9 Å². The van der Waals surface area contributed by atoms with E-state index in [2.05, 4.69) is 11.2 Å². The van der Waals surface area contributed by atoms with E-state index in [-0.39, 0.29) is 29.8 Å².